The highest BCUT2D eigenvalue weighted by molar-refractivity contribution is 5.35. The lowest BCUT2D eigenvalue weighted by Gasteiger charge is -2.21. The normalized spacial score (nSPS) is 17.6. The minimum absolute atomic E-state index is 0.174. The summed E-state index contributed by atoms with van der Waals surface area (Å²) >= 11 is 0. The van der Waals surface area contributed by atoms with Gasteiger partial charge in [-0.1, -0.05) is 6.07 Å². The summed E-state index contributed by atoms with van der Waals surface area (Å²) in [5.74, 6) is 0.174. The maximum absolute atomic E-state index is 12.3. The van der Waals surface area contributed by atoms with Gasteiger partial charge in [-0.2, -0.15) is 13.2 Å². The predicted molar refractivity (Wildman–Crippen MR) is 57.8 cm³/mol. The molecule has 0 saturated heterocycles. The second kappa shape index (κ2) is 4.56. The molecule has 0 fully saturated rings. The molecule has 0 aromatic heterocycles. The van der Waals surface area contributed by atoms with Crippen molar-refractivity contribution in [1.82, 2.24) is 4.90 Å². The van der Waals surface area contributed by atoms with Crippen LogP contribution in [0.5, 0.6) is 5.75 Å². The van der Waals surface area contributed by atoms with E-state index in [2.05, 4.69) is 0 Å². The van der Waals surface area contributed by atoms with Crippen molar-refractivity contribution in [1.29, 1.82) is 0 Å². The van der Waals surface area contributed by atoms with Crippen LogP contribution in [0, 0.1) is 0 Å². The minimum Gasteiger partial charge on any atom is -0.508 e. The Labute approximate surface area is 97.7 Å². The molecule has 1 aliphatic heterocycles. The Kier molecular flexibility index (Phi) is 3.28. The zero-order chi connectivity index (χ0) is 12.5. The molecular weight excluding hydrogens is 231 g/mol. The van der Waals surface area contributed by atoms with Crippen molar-refractivity contribution < 1.29 is 18.3 Å². The van der Waals surface area contributed by atoms with Crippen LogP contribution in [0.15, 0.2) is 18.2 Å². The smallest absolute Gasteiger partial charge is 0.401 e. The van der Waals surface area contributed by atoms with Crippen LogP contribution >= 0.6 is 0 Å². The second-order valence-corrected chi connectivity index (χ2v) is 4.38. The lowest BCUT2D eigenvalue weighted by molar-refractivity contribution is -0.147. The molecule has 0 atom stereocenters. The van der Waals surface area contributed by atoms with Gasteiger partial charge in [-0.05, 0) is 42.6 Å². The van der Waals surface area contributed by atoms with Crippen molar-refractivity contribution >= 4 is 0 Å². The molecule has 0 amide bonds. The quantitative estimate of drug-likeness (QED) is 0.822. The van der Waals surface area contributed by atoms with Gasteiger partial charge in [0.05, 0.1) is 6.54 Å². The maximum Gasteiger partial charge on any atom is 0.401 e. The van der Waals surface area contributed by atoms with Crippen LogP contribution in [0.2, 0.25) is 0 Å². The van der Waals surface area contributed by atoms with Gasteiger partial charge >= 0.3 is 6.18 Å². The number of halogens is 3. The predicted octanol–water partition coefficient (Wildman–Crippen LogP) is 2.70. The average Bonchev–Trinajstić information content (AvgIpc) is 2.36. The molecule has 0 unspecified atom stereocenters. The van der Waals surface area contributed by atoms with Gasteiger partial charge in [0.25, 0.3) is 0 Å². The second-order valence-electron chi connectivity index (χ2n) is 4.38. The average molecular weight is 245 g/mol. The fourth-order valence-corrected chi connectivity index (χ4v) is 2.20. The van der Waals surface area contributed by atoms with Crippen LogP contribution in [-0.2, 0) is 13.0 Å². The summed E-state index contributed by atoms with van der Waals surface area (Å²) in [6, 6.07) is 4.88. The van der Waals surface area contributed by atoms with Gasteiger partial charge < -0.3 is 5.11 Å². The van der Waals surface area contributed by atoms with Crippen LogP contribution < -0.4 is 0 Å². The van der Waals surface area contributed by atoms with Crippen LogP contribution in [0.4, 0.5) is 13.2 Å². The van der Waals surface area contributed by atoms with Crippen molar-refractivity contribution in [2.24, 2.45) is 0 Å². The summed E-state index contributed by atoms with van der Waals surface area (Å²) in [6.07, 6.45) is -2.74. The summed E-state index contributed by atoms with van der Waals surface area (Å²) in [6.45, 7) is -0.128. The summed E-state index contributed by atoms with van der Waals surface area (Å²) < 4.78 is 37.0. The van der Waals surface area contributed by atoms with Gasteiger partial charge in [-0.3, -0.25) is 4.90 Å². The molecule has 1 aromatic rings. The first kappa shape index (κ1) is 12.2. The maximum atomic E-state index is 12.3. The third-order valence-corrected chi connectivity index (χ3v) is 2.91. The van der Waals surface area contributed by atoms with Gasteiger partial charge in [0.15, 0.2) is 0 Å². The van der Waals surface area contributed by atoms with E-state index in [0.717, 1.165) is 17.5 Å². The highest BCUT2D eigenvalue weighted by Gasteiger charge is 2.31. The van der Waals surface area contributed by atoms with Crippen LogP contribution in [0.3, 0.4) is 0 Å². The van der Waals surface area contributed by atoms with Gasteiger partial charge in [0.1, 0.15) is 5.75 Å². The first-order chi connectivity index (χ1) is 7.94. The molecule has 1 aliphatic rings. The van der Waals surface area contributed by atoms with Crippen LogP contribution in [0.25, 0.3) is 0 Å². The Hall–Kier alpha value is -1.23. The van der Waals surface area contributed by atoms with Crippen molar-refractivity contribution in [3.63, 3.8) is 0 Å². The number of rotatable bonds is 1. The van der Waals surface area contributed by atoms with E-state index in [1.165, 1.54) is 11.0 Å². The van der Waals surface area contributed by atoms with Gasteiger partial charge in [0.2, 0.25) is 0 Å². The zero-order valence-electron chi connectivity index (χ0n) is 9.30. The molecule has 1 N–H and O–H groups in total. The third kappa shape index (κ3) is 3.36. The van der Waals surface area contributed by atoms with E-state index in [4.69, 9.17) is 0 Å². The number of hydrogen-bond donors (Lipinski definition) is 1. The monoisotopic (exact) mass is 245 g/mol. The van der Waals surface area contributed by atoms with Crippen molar-refractivity contribution in [2.75, 3.05) is 13.1 Å². The summed E-state index contributed by atoms with van der Waals surface area (Å²) in [4.78, 5) is 1.41. The molecule has 1 aromatic carbocycles. The van der Waals surface area contributed by atoms with E-state index in [0.29, 0.717) is 19.5 Å². The SMILES string of the molecule is Oc1ccc2c(c1)CCCN(CC(F)(F)F)C2. The molecule has 2 rings (SSSR count). The Balaban J connectivity index is 2.14. The van der Waals surface area contributed by atoms with E-state index in [9.17, 15) is 18.3 Å². The highest BCUT2D eigenvalue weighted by Crippen LogP contribution is 2.25. The zero-order valence-corrected chi connectivity index (χ0v) is 9.30. The van der Waals surface area contributed by atoms with Gasteiger partial charge in [-0.15, -0.1) is 0 Å². The summed E-state index contributed by atoms with van der Waals surface area (Å²) in [7, 11) is 0. The molecule has 1 heterocycles. The number of alkyl halides is 3. The largest absolute Gasteiger partial charge is 0.508 e. The van der Waals surface area contributed by atoms with Crippen molar-refractivity contribution in [2.45, 2.75) is 25.6 Å². The van der Waals surface area contributed by atoms with Crippen molar-refractivity contribution in [3.05, 3.63) is 29.3 Å². The van der Waals surface area contributed by atoms with E-state index in [-0.39, 0.29) is 5.75 Å². The van der Waals surface area contributed by atoms with Crippen molar-refractivity contribution in [3.8, 4) is 5.75 Å². The Bertz CT molecular complexity index is 403. The van der Waals surface area contributed by atoms with E-state index < -0.39 is 12.7 Å². The molecule has 0 saturated carbocycles. The summed E-state index contributed by atoms with van der Waals surface area (Å²) in [5.41, 5.74) is 1.83. The molecule has 0 spiro atoms. The molecular formula is C12H14F3NO. The molecule has 2 nitrogen and oxygen atoms in total. The molecule has 0 aliphatic carbocycles. The number of nitrogens with zero attached hydrogens (tertiary/aromatic N) is 1. The number of fused-ring (bicyclic) bond motifs is 1. The van der Waals surface area contributed by atoms with Gasteiger partial charge in [0, 0.05) is 6.54 Å². The highest BCUT2D eigenvalue weighted by atomic mass is 19.4. The fraction of sp³-hybridized carbons (Fsp3) is 0.500. The Morgan fingerprint density at radius 1 is 1.24 bits per heavy atom. The number of benzene rings is 1. The lowest BCUT2D eigenvalue weighted by atomic mass is 10.0. The molecule has 94 valence electrons. The number of aromatic hydroxyl groups is 1. The Morgan fingerprint density at radius 3 is 2.71 bits per heavy atom. The fourth-order valence-electron chi connectivity index (χ4n) is 2.20. The number of phenolic OH excluding ortho intramolecular Hbond substituents is 1. The van der Waals surface area contributed by atoms with E-state index in [1.807, 2.05) is 0 Å². The molecule has 0 radical (unpaired) electrons. The molecule has 17 heavy (non-hydrogen) atoms. The molecule has 0 bridgehead atoms. The van der Waals surface area contributed by atoms with Gasteiger partial charge in [-0.25, -0.2) is 0 Å². The first-order valence-corrected chi connectivity index (χ1v) is 5.54. The minimum atomic E-state index is -4.15. The summed E-state index contributed by atoms with van der Waals surface area (Å²) in [5, 5.41) is 9.34. The number of aryl methyl sites for hydroxylation is 1. The Morgan fingerprint density at radius 2 is 2.00 bits per heavy atom. The standard InChI is InChI=1S/C12H14F3NO/c13-12(14,15)8-16-5-1-2-9-6-11(17)4-3-10(9)7-16/h3-4,6,17H,1-2,5,7-8H2. The number of hydrogen-bond acceptors (Lipinski definition) is 2. The topological polar surface area (TPSA) is 23.5 Å². The van der Waals surface area contributed by atoms with E-state index >= 15 is 0 Å². The van der Waals surface area contributed by atoms with Crippen LogP contribution in [0.1, 0.15) is 17.5 Å². The molecule has 5 heteroatoms. The van der Waals surface area contributed by atoms with E-state index in [1.54, 1.807) is 12.1 Å². The third-order valence-electron chi connectivity index (χ3n) is 2.91. The number of phenols is 1. The first-order valence-electron chi connectivity index (χ1n) is 5.54. The lowest BCUT2D eigenvalue weighted by Crippen LogP contribution is -2.33. The van der Waals surface area contributed by atoms with Crippen LogP contribution in [-0.4, -0.2) is 29.3 Å².